The van der Waals surface area contributed by atoms with Crippen LogP contribution in [0.15, 0.2) is 18.2 Å². The third-order valence-electron chi connectivity index (χ3n) is 3.16. The topological polar surface area (TPSA) is 28.7 Å². The summed E-state index contributed by atoms with van der Waals surface area (Å²) in [6.07, 6.45) is 1.83. The van der Waals surface area contributed by atoms with Crippen molar-refractivity contribution in [3.05, 3.63) is 45.6 Å². The second kappa shape index (κ2) is 5.61. The van der Waals surface area contributed by atoms with Gasteiger partial charge in [0.15, 0.2) is 0 Å². The molecule has 1 aromatic heterocycles. The van der Waals surface area contributed by atoms with Crippen molar-refractivity contribution in [2.45, 2.75) is 33.6 Å². The highest BCUT2D eigenvalue weighted by atomic mass is 32.1. The third kappa shape index (κ3) is 2.89. The molecule has 0 saturated carbocycles. The van der Waals surface area contributed by atoms with Gasteiger partial charge in [0.05, 0.1) is 5.69 Å². The van der Waals surface area contributed by atoms with Gasteiger partial charge in [-0.25, -0.2) is 9.37 Å². The molecule has 100 valence electrons. The zero-order chi connectivity index (χ0) is 14.0. The Labute approximate surface area is 117 Å². The van der Waals surface area contributed by atoms with E-state index in [0.717, 1.165) is 41.1 Å². The summed E-state index contributed by atoms with van der Waals surface area (Å²) in [5.41, 5.74) is 3.64. The van der Waals surface area contributed by atoms with Gasteiger partial charge in [-0.05, 0) is 38.0 Å². The molecule has 1 heterocycles. The Morgan fingerprint density at radius 1 is 1.32 bits per heavy atom. The predicted octanol–water partition coefficient (Wildman–Crippen LogP) is 4.51. The standard InChI is InChI=1S/C15H17FN2S/c1-4-5-13-17-14(10(3)15(19)18-13)12-8-11(16)7-6-9(12)2/h6-8H,4-5H2,1-3H3,(H,17,18,19). The van der Waals surface area contributed by atoms with Crippen molar-refractivity contribution in [1.29, 1.82) is 0 Å². The van der Waals surface area contributed by atoms with Gasteiger partial charge in [-0.1, -0.05) is 25.2 Å². The number of aromatic amines is 1. The molecule has 0 atom stereocenters. The molecule has 0 bridgehead atoms. The first-order chi connectivity index (χ1) is 9.02. The molecule has 1 aromatic carbocycles. The van der Waals surface area contributed by atoms with E-state index in [4.69, 9.17) is 12.2 Å². The van der Waals surface area contributed by atoms with Gasteiger partial charge in [0.25, 0.3) is 0 Å². The van der Waals surface area contributed by atoms with E-state index < -0.39 is 0 Å². The van der Waals surface area contributed by atoms with Crippen LogP contribution in [0.4, 0.5) is 4.39 Å². The van der Waals surface area contributed by atoms with Gasteiger partial charge in [-0.2, -0.15) is 0 Å². The molecular weight excluding hydrogens is 259 g/mol. The second-order valence-electron chi connectivity index (χ2n) is 4.70. The number of aryl methyl sites for hydroxylation is 2. The number of benzene rings is 1. The van der Waals surface area contributed by atoms with Crippen LogP contribution in [0.1, 0.15) is 30.3 Å². The lowest BCUT2D eigenvalue weighted by atomic mass is 10.0. The van der Waals surface area contributed by atoms with Crippen molar-refractivity contribution in [2.75, 3.05) is 0 Å². The van der Waals surface area contributed by atoms with Crippen LogP contribution >= 0.6 is 12.2 Å². The molecule has 0 fully saturated rings. The van der Waals surface area contributed by atoms with Crippen LogP contribution in [0.2, 0.25) is 0 Å². The van der Waals surface area contributed by atoms with E-state index in [0.29, 0.717) is 4.64 Å². The van der Waals surface area contributed by atoms with Crippen LogP contribution in [0.3, 0.4) is 0 Å². The summed E-state index contributed by atoms with van der Waals surface area (Å²) in [4.78, 5) is 7.66. The summed E-state index contributed by atoms with van der Waals surface area (Å²) < 4.78 is 14.0. The van der Waals surface area contributed by atoms with Crippen LogP contribution in [0.5, 0.6) is 0 Å². The maximum atomic E-state index is 13.5. The number of hydrogen-bond acceptors (Lipinski definition) is 2. The quantitative estimate of drug-likeness (QED) is 0.835. The number of H-pyrrole nitrogens is 1. The van der Waals surface area contributed by atoms with Crippen molar-refractivity contribution >= 4 is 12.2 Å². The van der Waals surface area contributed by atoms with E-state index in [1.165, 1.54) is 6.07 Å². The van der Waals surface area contributed by atoms with Gasteiger partial charge in [0.2, 0.25) is 0 Å². The van der Waals surface area contributed by atoms with Crippen LogP contribution < -0.4 is 0 Å². The van der Waals surface area contributed by atoms with E-state index in [9.17, 15) is 4.39 Å². The second-order valence-corrected chi connectivity index (χ2v) is 5.08. The number of aromatic nitrogens is 2. The highest BCUT2D eigenvalue weighted by molar-refractivity contribution is 7.71. The Hall–Kier alpha value is -1.55. The summed E-state index contributed by atoms with van der Waals surface area (Å²) in [6.45, 7) is 5.97. The monoisotopic (exact) mass is 276 g/mol. The Balaban J connectivity index is 2.67. The summed E-state index contributed by atoms with van der Waals surface area (Å²) in [5.74, 6) is 0.616. The van der Waals surface area contributed by atoms with E-state index in [-0.39, 0.29) is 5.82 Å². The highest BCUT2D eigenvalue weighted by Gasteiger charge is 2.10. The van der Waals surface area contributed by atoms with Crippen LogP contribution in [0, 0.1) is 24.3 Å². The first-order valence-corrected chi connectivity index (χ1v) is 6.80. The molecule has 0 saturated heterocycles. The maximum absolute atomic E-state index is 13.5. The van der Waals surface area contributed by atoms with Crippen LogP contribution in [-0.4, -0.2) is 9.97 Å². The van der Waals surface area contributed by atoms with Crippen molar-refractivity contribution in [1.82, 2.24) is 9.97 Å². The van der Waals surface area contributed by atoms with Crippen LogP contribution in [0.25, 0.3) is 11.3 Å². The average molecular weight is 276 g/mol. The Bertz CT molecular complexity index is 662. The number of hydrogen-bond donors (Lipinski definition) is 1. The number of halogens is 1. The number of rotatable bonds is 3. The van der Waals surface area contributed by atoms with Gasteiger partial charge in [0, 0.05) is 17.5 Å². The Morgan fingerprint density at radius 3 is 2.74 bits per heavy atom. The van der Waals surface area contributed by atoms with Crippen LogP contribution in [-0.2, 0) is 6.42 Å². The van der Waals surface area contributed by atoms with Gasteiger partial charge in [0.1, 0.15) is 16.3 Å². The molecule has 2 aromatic rings. The molecule has 0 aliphatic carbocycles. The Kier molecular flexibility index (Phi) is 4.10. The number of nitrogens with zero attached hydrogens (tertiary/aromatic N) is 1. The fourth-order valence-electron chi connectivity index (χ4n) is 2.07. The fourth-order valence-corrected chi connectivity index (χ4v) is 2.28. The lowest BCUT2D eigenvalue weighted by Crippen LogP contribution is -2.01. The molecule has 0 amide bonds. The average Bonchev–Trinajstić information content (AvgIpc) is 2.37. The summed E-state index contributed by atoms with van der Waals surface area (Å²) in [7, 11) is 0. The largest absolute Gasteiger partial charge is 0.343 e. The molecule has 0 aliphatic rings. The van der Waals surface area contributed by atoms with Crippen molar-refractivity contribution in [3.8, 4) is 11.3 Å². The maximum Gasteiger partial charge on any atom is 0.133 e. The molecule has 1 N–H and O–H groups in total. The van der Waals surface area contributed by atoms with E-state index >= 15 is 0 Å². The van der Waals surface area contributed by atoms with E-state index in [1.807, 2.05) is 13.8 Å². The SMILES string of the molecule is CCCc1nc(=S)c(C)c(-c2cc(F)ccc2C)[nH]1. The molecule has 19 heavy (non-hydrogen) atoms. The van der Waals surface area contributed by atoms with Gasteiger partial charge >= 0.3 is 0 Å². The zero-order valence-corrected chi connectivity index (χ0v) is 12.2. The first-order valence-electron chi connectivity index (χ1n) is 6.39. The Morgan fingerprint density at radius 2 is 2.05 bits per heavy atom. The molecule has 0 aliphatic heterocycles. The van der Waals surface area contributed by atoms with Crippen molar-refractivity contribution in [2.24, 2.45) is 0 Å². The normalized spacial score (nSPS) is 10.7. The molecular formula is C15H17FN2S. The summed E-state index contributed by atoms with van der Waals surface area (Å²) in [5, 5.41) is 0. The molecule has 2 nitrogen and oxygen atoms in total. The van der Waals surface area contributed by atoms with Crippen molar-refractivity contribution < 1.29 is 4.39 Å². The first kappa shape index (κ1) is 13.9. The smallest absolute Gasteiger partial charge is 0.133 e. The minimum atomic E-state index is -0.242. The van der Waals surface area contributed by atoms with E-state index in [2.05, 4.69) is 16.9 Å². The summed E-state index contributed by atoms with van der Waals surface area (Å²) >= 11 is 5.29. The van der Waals surface area contributed by atoms with Gasteiger partial charge in [-0.15, -0.1) is 0 Å². The fraction of sp³-hybridized carbons (Fsp3) is 0.333. The lowest BCUT2D eigenvalue weighted by molar-refractivity contribution is 0.628. The van der Waals surface area contributed by atoms with Gasteiger partial charge < -0.3 is 4.98 Å². The van der Waals surface area contributed by atoms with Crippen molar-refractivity contribution in [3.63, 3.8) is 0 Å². The molecule has 0 radical (unpaired) electrons. The van der Waals surface area contributed by atoms with E-state index in [1.54, 1.807) is 12.1 Å². The molecule has 0 spiro atoms. The molecule has 2 rings (SSSR count). The molecule has 4 heteroatoms. The third-order valence-corrected chi connectivity index (χ3v) is 3.55. The predicted molar refractivity (Wildman–Crippen MR) is 78.3 cm³/mol. The number of nitrogens with one attached hydrogen (secondary N) is 1. The molecule has 0 unspecified atom stereocenters. The minimum Gasteiger partial charge on any atom is -0.343 e. The van der Waals surface area contributed by atoms with Gasteiger partial charge in [-0.3, -0.25) is 0 Å². The lowest BCUT2D eigenvalue weighted by Gasteiger charge is -2.12. The minimum absolute atomic E-state index is 0.242. The summed E-state index contributed by atoms with van der Waals surface area (Å²) in [6, 6.07) is 4.79. The highest BCUT2D eigenvalue weighted by Crippen LogP contribution is 2.26. The zero-order valence-electron chi connectivity index (χ0n) is 11.4.